The highest BCUT2D eigenvalue weighted by Gasteiger charge is 2.14. The summed E-state index contributed by atoms with van der Waals surface area (Å²) in [6, 6.07) is 1.61. The fraction of sp³-hybridized carbons (Fsp3) is 0.357. The summed E-state index contributed by atoms with van der Waals surface area (Å²) in [6.07, 6.45) is 1.66. The minimum absolute atomic E-state index is 0. The summed E-state index contributed by atoms with van der Waals surface area (Å²) < 4.78 is 5.09. The molecule has 3 N–H and O–H groups in total. The summed E-state index contributed by atoms with van der Waals surface area (Å²) >= 11 is 1.29. The second kappa shape index (κ2) is 11.0. The summed E-state index contributed by atoms with van der Waals surface area (Å²) in [7, 11) is 1.82. The number of aromatic nitrogens is 1. The standard InChI is InChI=1S/C14H18N4O3S.2ClH/c1-9-11(3-6-21-9)13(20)18-14-17-10(8-22-14)7-12(19)16-5-4-15-2;;/h3,6,8,15H,4-5,7H2,1-2H3,(H,16,19)(H,17,18,20);2*1H. The zero-order valence-corrected chi connectivity index (χ0v) is 15.7. The fourth-order valence-electron chi connectivity index (χ4n) is 1.78. The van der Waals surface area contributed by atoms with Gasteiger partial charge in [0.1, 0.15) is 5.76 Å². The normalized spacial score (nSPS) is 9.58. The Kier molecular flexibility index (Phi) is 10.3. The highest BCUT2D eigenvalue weighted by atomic mass is 35.5. The molecule has 0 aliphatic heterocycles. The first-order valence-corrected chi connectivity index (χ1v) is 7.69. The van der Waals surface area contributed by atoms with Gasteiger partial charge in [0.15, 0.2) is 5.13 Å². The maximum absolute atomic E-state index is 12.0. The van der Waals surface area contributed by atoms with Crippen LogP contribution in [0.15, 0.2) is 22.1 Å². The molecule has 0 aliphatic carbocycles. The number of carbonyl (C=O) groups excluding carboxylic acids is 2. The lowest BCUT2D eigenvalue weighted by molar-refractivity contribution is -0.120. The van der Waals surface area contributed by atoms with Crippen molar-refractivity contribution in [1.29, 1.82) is 0 Å². The predicted octanol–water partition coefficient (Wildman–Crippen LogP) is 2.02. The number of aryl methyl sites for hydroxylation is 1. The third kappa shape index (κ3) is 6.48. The highest BCUT2D eigenvalue weighted by molar-refractivity contribution is 7.14. The Morgan fingerprint density at radius 1 is 1.29 bits per heavy atom. The van der Waals surface area contributed by atoms with Crippen LogP contribution in [0.5, 0.6) is 0 Å². The van der Waals surface area contributed by atoms with Crippen molar-refractivity contribution < 1.29 is 14.0 Å². The highest BCUT2D eigenvalue weighted by Crippen LogP contribution is 2.18. The van der Waals surface area contributed by atoms with Crippen molar-refractivity contribution in [3.8, 4) is 0 Å². The monoisotopic (exact) mass is 394 g/mol. The smallest absolute Gasteiger partial charge is 0.260 e. The van der Waals surface area contributed by atoms with Crippen molar-refractivity contribution in [2.75, 3.05) is 25.5 Å². The van der Waals surface area contributed by atoms with Gasteiger partial charge in [0.2, 0.25) is 5.91 Å². The molecule has 0 radical (unpaired) electrons. The van der Waals surface area contributed by atoms with E-state index in [0.717, 1.165) is 0 Å². The number of furan rings is 1. The van der Waals surface area contributed by atoms with Gasteiger partial charge in [-0.1, -0.05) is 0 Å². The molecule has 2 amide bonds. The van der Waals surface area contributed by atoms with Crippen molar-refractivity contribution in [1.82, 2.24) is 15.6 Å². The Hall–Kier alpha value is -1.61. The van der Waals surface area contributed by atoms with E-state index in [-0.39, 0.29) is 43.0 Å². The van der Waals surface area contributed by atoms with Crippen LogP contribution in [0.4, 0.5) is 5.13 Å². The lowest BCUT2D eigenvalue weighted by Gasteiger charge is -2.02. The van der Waals surface area contributed by atoms with E-state index in [1.807, 2.05) is 7.05 Å². The van der Waals surface area contributed by atoms with Gasteiger partial charge >= 0.3 is 0 Å². The number of likely N-dealkylation sites (N-methyl/N-ethyl adjacent to an activating group) is 1. The molecular formula is C14H20Cl2N4O3S. The molecule has 24 heavy (non-hydrogen) atoms. The van der Waals surface area contributed by atoms with E-state index in [9.17, 15) is 9.59 Å². The zero-order chi connectivity index (χ0) is 15.9. The Morgan fingerprint density at radius 3 is 2.67 bits per heavy atom. The van der Waals surface area contributed by atoms with E-state index in [0.29, 0.717) is 35.2 Å². The topological polar surface area (TPSA) is 96.3 Å². The molecule has 0 saturated carbocycles. The van der Waals surface area contributed by atoms with Crippen LogP contribution in [0.25, 0.3) is 0 Å². The molecule has 2 rings (SSSR count). The molecule has 2 heterocycles. The number of carbonyl (C=O) groups is 2. The number of hydrogen-bond acceptors (Lipinski definition) is 6. The first-order chi connectivity index (χ1) is 10.6. The minimum atomic E-state index is -0.273. The lowest BCUT2D eigenvalue weighted by Crippen LogP contribution is -2.31. The van der Waals surface area contributed by atoms with Crippen LogP contribution in [0.3, 0.4) is 0 Å². The summed E-state index contributed by atoms with van der Waals surface area (Å²) in [6.45, 7) is 3.01. The maximum atomic E-state index is 12.0. The maximum Gasteiger partial charge on any atom is 0.260 e. The van der Waals surface area contributed by atoms with E-state index in [4.69, 9.17) is 4.42 Å². The summed E-state index contributed by atoms with van der Waals surface area (Å²) in [4.78, 5) is 27.9. The Labute approximate surface area is 156 Å². The molecule has 7 nitrogen and oxygen atoms in total. The van der Waals surface area contributed by atoms with Crippen molar-refractivity contribution in [3.63, 3.8) is 0 Å². The Bertz CT molecular complexity index is 660. The van der Waals surface area contributed by atoms with Crippen LogP contribution in [-0.2, 0) is 11.2 Å². The average Bonchev–Trinajstić information content (AvgIpc) is 3.08. The number of halogens is 2. The van der Waals surface area contributed by atoms with Crippen LogP contribution in [-0.4, -0.2) is 36.9 Å². The summed E-state index contributed by atoms with van der Waals surface area (Å²) in [5.41, 5.74) is 1.10. The average molecular weight is 395 g/mol. The molecule has 0 saturated heterocycles. The van der Waals surface area contributed by atoms with Gasteiger partial charge < -0.3 is 15.1 Å². The van der Waals surface area contributed by atoms with Crippen molar-refractivity contribution in [2.24, 2.45) is 0 Å². The number of amides is 2. The van der Waals surface area contributed by atoms with Crippen molar-refractivity contribution in [2.45, 2.75) is 13.3 Å². The van der Waals surface area contributed by atoms with E-state index in [1.54, 1.807) is 18.4 Å². The third-order valence-electron chi connectivity index (χ3n) is 2.91. The quantitative estimate of drug-likeness (QED) is 0.624. The fourth-order valence-corrected chi connectivity index (χ4v) is 2.49. The van der Waals surface area contributed by atoms with Gasteiger partial charge in [0, 0.05) is 18.5 Å². The number of nitrogens with zero attached hydrogens (tertiary/aromatic N) is 1. The third-order valence-corrected chi connectivity index (χ3v) is 3.72. The van der Waals surface area contributed by atoms with E-state index < -0.39 is 0 Å². The molecule has 0 aromatic carbocycles. The molecule has 134 valence electrons. The van der Waals surface area contributed by atoms with Crippen LogP contribution < -0.4 is 16.0 Å². The second-order valence-corrected chi connectivity index (χ2v) is 5.48. The van der Waals surface area contributed by atoms with Crippen LogP contribution >= 0.6 is 36.2 Å². The van der Waals surface area contributed by atoms with Crippen LogP contribution in [0, 0.1) is 6.92 Å². The Balaban J connectivity index is 0.00000264. The molecule has 0 atom stereocenters. The van der Waals surface area contributed by atoms with Gasteiger partial charge in [0.05, 0.1) is 23.9 Å². The first kappa shape index (κ1) is 22.4. The number of thiazole rings is 1. The number of nitrogens with one attached hydrogen (secondary N) is 3. The van der Waals surface area contributed by atoms with Crippen molar-refractivity contribution >= 4 is 53.1 Å². The Morgan fingerprint density at radius 2 is 2.04 bits per heavy atom. The minimum Gasteiger partial charge on any atom is -0.469 e. The molecule has 0 spiro atoms. The van der Waals surface area contributed by atoms with E-state index in [1.165, 1.54) is 17.6 Å². The summed E-state index contributed by atoms with van der Waals surface area (Å²) in [5.74, 6) is 0.188. The van der Waals surface area contributed by atoms with Gasteiger partial charge in [0.25, 0.3) is 5.91 Å². The van der Waals surface area contributed by atoms with Crippen molar-refractivity contribution in [3.05, 3.63) is 34.7 Å². The second-order valence-electron chi connectivity index (χ2n) is 4.62. The van der Waals surface area contributed by atoms with Gasteiger partial charge in [-0.2, -0.15) is 0 Å². The molecule has 10 heteroatoms. The number of rotatable bonds is 7. The predicted molar refractivity (Wildman–Crippen MR) is 98.6 cm³/mol. The molecule has 0 unspecified atom stereocenters. The zero-order valence-electron chi connectivity index (χ0n) is 13.3. The lowest BCUT2D eigenvalue weighted by atomic mass is 10.2. The van der Waals surface area contributed by atoms with Gasteiger partial charge in [-0.05, 0) is 20.0 Å². The number of hydrogen-bond donors (Lipinski definition) is 3. The largest absolute Gasteiger partial charge is 0.469 e. The van der Waals surface area contributed by atoms with Gasteiger partial charge in [-0.3, -0.25) is 14.9 Å². The van der Waals surface area contributed by atoms with Gasteiger partial charge in [-0.15, -0.1) is 36.2 Å². The molecule has 0 fully saturated rings. The van der Waals surface area contributed by atoms with E-state index in [2.05, 4.69) is 20.9 Å². The molecular weight excluding hydrogens is 375 g/mol. The van der Waals surface area contributed by atoms with E-state index >= 15 is 0 Å². The molecule has 0 aliphatic rings. The molecule has 2 aromatic rings. The first-order valence-electron chi connectivity index (χ1n) is 6.81. The van der Waals surface area contributed by atoms with Gasteiger partial charge in [-0.25, -0.2) is 4.98 Å². The number of anilines is 1. The SMILES string of the molecule is CNCCNC(=O)Cc1csc(NC(=O)c2ccoc2C)n1.Cl.Cl. The molecule has 2 aromatic heterocycles. The molecule has 0 bridgehead atoms. The summed E-state index contributed by atoms with van der Waals surface area (Å²) in [5, 5.41) is 10.6. The van der Waals surface area contributed by atoms with Crippen LogP contribution in [0.2, 0.25) is 0 Å². The van der Waals surface area contributed by atoms with Crippen LogP contribution in [0.1, 0.15) is 21.8 Å².